The molecule has 1 aromatic carbocycles. The van der Waals surface area contributed by atoms with Crippen LogP contribution >= 0.6 is 0 Å². The van der Waals surface area contributed by atoms with Crippen molar-refractivity contribution in [1.82, 2.24) is 14.9 Å². The van der Waals surface area contributed by atoms with Gasteiger partial charge in [-0.25, -0.2) is 9.78 Å². The van der Waals surface area contributed by atoms with Gasteiger partial charge in [0.05, 0.1) is 30.5 Å². The van der Waals surface area contributed by atoms with Gasteiger partial charge in [-0.15, -0.1) is 0 Å². The molecule has 0 unspecified atom stereocenters. The smallest absolute Gasteiger partial charge is 0.414 e. The fraction of sp³-hybridized carbons (Fsp3) is 0.444. The summed E-state index contributed by atoms with van der Waals surface area (Å²) in [5.74, 6) is 2.54. The minimum absolute atomic E-state index is 0.180. The Bertz CT molecular complexity index is 1350. The number of hydrogen-bond acceptors (Lipinski definition) is 9. The van der Waals surface area contributed by atoms with E-state index in [2.05, 4.69) is 20.9 Å². The standard InChI is InChI=1S/C27H29N5O5/c1-34-25-5-3-20-26(29-25)21(6-8-28-20)31-9-7-17-13-30(16-22(17)31)14-19-15-32(27(33)37-19)18-2-4-23-24(12-18)36-11-10-35-23/h2-6,8,12,17,19,22H,7,9-11,13-16H2,1H3/t17-,19+,22+/m0/s1. The lowest BCUT2D eigenvalue weighted by Crippen LogP contribution is -2.38. The largest absolute Gasteiger partial charge is 0.486 e. The molecule has 0 aliphatic carbocycles. The van der Waals surface area contributed by atoms with Gasteiger partial charge in [0, 0.05) is 50.6 Å². The van der Waals surface area contributed by atoms with E-state index in [0.717, 1.165) is 55.0 Å². The molecule has 3 fully saturated rings. The molecule has 0 saturated carbocycles. The maximum Gasteiger partial charge on any atom is 0.414 e. The number of fused-ring (bicyclic) bond motifs is 3. The first-order valence-corrected chi connectivity index (χ1v) is 12.8. The van der Waals surface area contributed by atoms with Crippen molar-refractivity contribution in [3.05, 3.63) is 42.6 Å². The van der Waals surface area contributed by atoms with Gasteiger partial charge in [-0.1, -0.05) is 0 Å². The summed E-state index contributed by atoms with van der Waals surface area (Å²) in [7, 11) is 1.63. The van der Waals surface area contributed by atoms with E-state index in [1.807, 2.05) is 36.5 Å². The topological polar surface area (TPSA) is 89.5 Å². The number of pyridine rings is 2. The number of hydrogen-bond donors (Lipinski definition) is 0. The molecular weight excluding hydrogens is 474 g/mol. The second kappa shape index (κ2) is 8.95. The summed E-state index contributed by atoms with van der Waals surface area (Å²) in [5, 5.41) is 0. The SMILES string of the molecule is COc1ccc2nccc(N3CC[C@H]4CN(C[C@@H]5CN(c6ccc7c(c6)OCCO7)C(=O)O5)C[C@H]43)c2n1. The van der Waals surface area contributed by atoms with Gasteiger partial charge in [0.25, 0.3) is 0 Å². The Kier molecular flexibility index (Phi) is 5.42. The van der Waals surface area contributed by atoms with Gasteiger partial charge in [-0.05, 0) is 36.6 Å². The van der Waals surface area contributed by atoms with E-state index in [1.165, 1.54) is 0 Å². The van der Waals surface area contributed by atoms with Crippen molar-refractivity contribution in [3.8, 4) is 17.4 Å². The number of cyclic esters (lactones) is 1. The summed E-state index contributed by atoms with van der Waals surface area (Å²) in [5.41, 5.74) is 3.62. The predicted octanol–water partition coefficient (Wildman–Crippen LogP) is 2.95. The molecule has 0 bridgehead atoms. The molecule has 3 saturated heterocycles. The molecule has 0 radical (unpaired) electrons. The van der Waals surface area contributed by atoms with Crippen LogP contribution in [0.4, 0.5) is 16.2 Å². The van der Waals surface area contributed by atoms with Crippen molar-refractivity contribution in [2.45, 2.75) is 18.6 Å². The number of likely N-dealkylation sites (tertiary alicyclic amines) is 1. The lowest BCUT2D eigenvalue weighted by molar-refractivity contribution is 0.115. The van der Waals surface area contributed by atoms with Crippen molar-refractivity contribution in [2.75, 3.05) is 62.8 Å². The van der Waals surface area contributed by atoms with Crippen LogP contribution in [0.15, 0.2) is 42.6 Å². The number of benzene rings is 1. The zero-order valence-electron chi connectivity index (χ0n) is 20.7. The molecule has 10 nitrogen and oxygen atoms in total. The van der Waals surface area contributed by atoms with Crippen molar-refractivity contribution in [1.29, 1.82) is 0 Å². The minimum atomic E-state index is -0.314. The number of carbonyl (C=O) groups is 1. The Morgan fingerprint density at radius 2 is 1.95 bits per heavy atom. The molecule has 2 aromatic heterocycles. The molecule has 10 heteroatoms. The molecule has 4 aliphatic rings. The third-order valence-electron chi connectivity index (χ3n) is 7.85. The number of anilines is 2. The van der Waals surface area contributed by atoms with E-state index in [9.17, 15) is 4.79 Å². The van der Waals surface area contributed by atoms with Crippen LogP contribution in [0.1, 0.15) is 6.42 Å². The lowest BCUT2D eigenvalue weighted by atomic mass is 10.0. The van der Waals surface area contributed by atoms with Gasteiger partial charge in [0.15, 0.2) is 11.5 Å². The number of rotatable bonds is 5. The quantitative estimate of drug-likeness (QED) is 0.521. The average molecular weight is 504 g/mol. The number of aromatic nitrogens is 2. The highest BCUT2D eigenvalue weighted by Crippen LogP contribution is 2.39. The molecule has 6 heterocycles. The van der Waals surface area contributed by atoms with Gasteiger partial charge in [0.2, 0.25) is 5.88 Å². The fourth-order valence-corrected chi connectivity index (χ4v) is 6.15. The Hall–Kier alpha value is -3.79. The highest BCUT2D eigenvalue weighted by Gasteiger charge is 2.44. The van der Waals surface area contributed by atoms with Crippen LogP contribution in [0, 0.1) is 5.92 Å². The highest BCUT2D eigenvalue weighted by atomic mass is 16.6. The normalized spacial score (nSPS) is 25.0. The van der Waals surface area contributed by atoms with Gasteiger partial charge < -0.3 is 23.8 Å². The summed E-state index contributed by atoms with van der Waals surface area (Å²) in [6.07, 6.45) is 2.49. The first kappa shape index (κ1) is 22.4. The van der Waals surface area contributed by atoms with Crippen LogP contribution in [-0.2, 0) is 4.74 Å². The Morgan fingerprint density at radius 1 is 1.05 bits per heavy atom. The van der Waals surface area contributed by atoms with Crippen LogP contribution in [0.2, 0.25) is 0 Å². The minimum Gasteiger partial charge on any atom is -0.486 e. The Balaban J connectivity index is 1.04. The van der Waals surface area contributed by atoms with E-state index >= 15 is 0 Å². The monoisotopic (exact) mass is 503 g/mol. The van der Waals surface area contributed by atoms with E-state index < -0.39 is 0 Å². The average Bonchev–Trinajstić information content (AvgIpc) is 3.62. The summed E-state index contributed by atoms with van der Waals surface area (Å²) >= 11 is 0. The summed E-state index contributed by atoms with van der Waals surface area (Å²) < 4.78 is 22.4. The molecule has 0 N–H and O–H groups in total. The second-order valence-corrected chi connectivity index (χ2v) is 10.0. The zero-order valence-corrected chi connectivity index (χ0v) is 20.7. The Morgan fingerprint density at radius 3 is 2.84 bits per heavy atom. The van der Waals surface area contributed by atoms with Crippen molar-refractivity contribution in [2.24, 2.45) is 5.92 Å². The van der Waals surface area contributed by atoms with Crippen LogP contribution in [-0.4, -0.2) is 86.2 Å². The zero-order chi connectivity index (χ0) is 24.9. The molecule has 3 aromatic rings. The molecular formula is C27H29N5O5. The van der Waals surface area contributed by atoms with Crippen molar-refractivity contribution in [3.63, 3.8) is 0 Å². The first-order valence-electron chi connectivity index (χ1n) is 12.8. The third kappa shape index (κ3) is 3.96. The number of amides is 1. The van der Waals surface area contributed by atoms with E-state index in [1.54, 1.807) is 12.0 Å². The van der Waals surface area contributed by atoms with Crippen LogP contribution in [0.3, 0.4) is 0 Å². The third-order valence-corrected chi connectivity index (χ3v) is 7.85. The van der Waals surface area contributed by atoms with Gasteiger partial charge in [-0.2, -0.15) is 0 Å². The van der Waals surface area contributed by atoms with Gasteiger partial charge in [0.1, 0.15) is 24.8 Å². The number of methoxy groups -OCH3 is 1. The predicted molar refractivity (Wildman–Crippen MR) is 137 cm³/mol. The second-order valence-electron chi connectivity index (χ2n) is 10.0. The van der Waals surface area contributed by atoms with Crippen molar-refractivity contribution < 1.29 is 23.7 Å². The number of nitrogens with zero attached hydrogens (tertiary/aromatic N) is 5. The lowest BCUT2D eigenvalue weighted by Gasteiger charge is -2.28. The first-order chi connectivity index (χ1) is 18.2. The number of carbonyl (C=O) groups excluding carboxylic acids is 1. The summed E-state index contributed by atoms with van der Waals surface area (Å²) in [6.45, 7) is 5.21. The maximum atomic E-state index is 12.7. The molecule has 37 heavy (non-hydrogen) atoms. The van der Waals surface area contributed by atoms with Crippen LogP contribution in [0.25, 0.3) is 11.0 Å². The molecule has 192 valence electrons. The van der Waals surface area contributed by atoms with E-state index in [-0.39, 0.29) is 12.2 Å². The Labute approximate surface area is 214 Å². The van der Waals surface area contributed by atoms with Crippen molar-refractivity contribution >= 4 is 28.5 Å². The molecule has 4 aliphatic heterocycles. The summed E-state index contributed by atoms with van der Waals surface area (Å²) in [6, 6.07) is 11.9. The van der Waals surface area contributed by atoms with E-state index in [0.29, 0.717) is 49.1 Å². The molecule has 7 rings (SSSR count). The summed E-state index contributed by atoms with van der Waals surface area (Å²) in [4.78, 5) is 28.5. The molecule has 0 spiro atoms. The molecule has 1 amide bonds. The van der Waals surface area contributed by atoms with Gasteiger partial charge in [-0.3, -0.25) is 14.8 Å². The van der Waals surface area contributed by atoms with E-state index in [4.69, 9.17) is 23.9 Å². The molecule has 3 atom stereocenters. The van der Waals surface area contributed by atoms with Gasteiger partial charge >= 0.3 is 6.09 Å². The number of ether oxygens (including phenoxy) is 4. The fourth-order valence-electron chi connectivity index (χ4n) is 6.15. The maximum absolute atomic E-state index is 12.7. The highest BCUT2D eigenvalue weighted by molar-refractivity contribution is 5.90. The van der Waals surface area contributed by atoms with Crippen LogP contribution in [0.5, 0.6) is 17.4 Å². The van der Waals surface area contributed by atoms with Crippen LogP contribution < -0.4 is 24.0 Å².